The summed E-state index contributed by atoms with van der Waals surface area (Å²) in [5.74, 6) is 3.13. The summed E-state index contributed by atoms with van der Waals surface area (Å²) in [6.07, 6.45) is 9.54. The van der Waals surface area contributed by atoms with Gasteiger partial charge < -0.3 is 0 Å². The van der Waals surface area contributed by atoms with Gasteiger partial charge in [-0.1, -0.05) is 35.4 Å². The van der Waals surface area contributed by atoms with Crippen LogP contribution in [0.2, 0.25) is 0 Å². The maximum atomic E-state index is 3.98. The topological polar surface area (TPSA) is 0 Å². The average Bonchev–Trinajstić information content (AvgIpc) is 2.79. The van der Waals surface area contributed by atoms with Gasteiger partial charge in [0.15, 0.2) is 0 Å². The highest BCUT2D eigenvalue weighted by molar-refractivity contribution is 9.09. The molecule has 2 fully saturated rings. The molecular weight excluding hydrogens is 236 g/mol. The Morgan fingerprint density at radius 1 is 1.43 bits per heavy atom. The summed E-state index contributed by atoms with van der Waals surface area (Å²) < 4.78 is 0. The highest BCUT2D eigenvalue weighted by Gasteiger charge is 2.41. The van der Waals surface area contributed by atoms with Gasteiger partial charge in [0.2, 0.25) is 0 Å². The van der Waals surface area contributed by atoms with Gasteiger partial charge in [0.05, 0.1) is 0 Å². The standard InChI is InChI=1S/C13H21Br/c1-3-13(2,9-14)8-12-7-10-4-5-11(12)6-10/h3,10-12H,1,4-9H2,2H3. The van der Waals surface area contributed by atoms with E-state index in [-0.39, 0.29) is 0 Å². The molecule has 0 amide bonds. The van der Waals surface area contributed by atoms with Crippen molar-refractivity contribution >= 4 is 15.9 Å². The fourth-order valence-corrected chi connectivity index (χ4v) is 3.88. The van der Waals surface area contributed by atoms with E-state index < -0.39 is 0 Å². The van der Waals surface area contributed by atoms with E-state index in [4.69, 9.17) is 0 Å². The normalized spacial score (nSPS) is 39.7. The summed E-state index contributed by atoms with van der Waals surface area (Å²) in [5.41, 5.74) is 0.329. The molecule has 4 atom stereocenters. The fraction of sp³-hybridized carbons (Fsp3) is 0.846. The average molecular weight is 257 g/mol. The lowest BCUT2D eigenvalue weighted by atomic mass is 9.76. The number of halogens is 1. The van der Waals surface area contributed by atoms with Gasteiger partial charge in [-0.05, 0) is 48.9 Å². The van der Waals surface area contributed by atoms with Crippen LogP contribution in [-0.4, -0.2) is 5.33 Å². The third-order valence-corrected chi connectivity index (χ3v) is 5.69. The highest BCUT2D eigenvalue weighted by atomic mass is 79.9. The van der Waals surface area contributed by atoms with E-state index in [1.807, 2.05) is 0 Å². The van der Waals surface area contributed by atoms with E-state index in [1.165, 1.54) is 32.1 Å². The van der Waals surface area contributed by atoms with Crippen LogP contribution in [0, 0.1) is 23.2 Å². The zero-order chi connectivity index (χ0) is 10.2. The summed E-state index contributed by atoms with van der Waals surface area (Å²) in [6, 6.07) is 0. The van der Waals surface area contributed by atoms with E-state index in [0.29, 0.717) is 5.41 Å². The molecule has 2 aliphatic rings. The lowest BCUT2D eigenvalue weighted by Gasteiger charge is -2.31. The maximum Gasteiger partial charge on any atom is 0.0120 e. The van der Waals surface area contributed by atoms with Crippen molar-refractivity contribution in [2.45, 2.75) is 39.0 Å². The first-order valence-electron chi connectivity index (χ1n) is 5.86. The second-order valence-corrected chi connectivity index (χ2v) is 6.19. The van der Waals surface area contributed by atoms with Crippen LogP contribution in [-0.2, 0) is 0 Å². The smallest absolute Gasteiger partial charge is 0.0120 e. The van der Waals surface area contributed by atoms with E-state index in [1.54, 1.807) is 0 Å². The lowest BCUT2D eigenvalue weighted by Crippen LogP contribution is -2.23. The monoisotopic (exact) mass is 256 g/mol. The van der Waals surface area contributed by atoms with Crippen molar-refractivity contribution < 1.29 is 0 Å². The molecule has 0 nitrogen and oxygen atoms in total. The van der Waals surface area contributed by atoms with Gasteiger partial charge in [0.1, 0.15) is 0 Å². The number of hydrogen-bond donors (Lipinski definition) is 0. The predicted octanol–water partition coefficient (Wildman–Crippen LogP) is 4.40. The SMILES string of the molecule is C=CC(C)(CBr)CC1CC2CCC1C2. The van der Waals surface area contributed by atoms with Gasteiger partial charge in [-0.25, -0.2) is 0 Å². The first-order valence-corrected chi connectivity index (χ1v) is 6.98. The molecule has 4 unspecified atom stereocenters. The Balaban J connectivity index is 1.94. The van der Waals surface area contributed by atoms with Crippen LogP contribution in [0.15, 0.2) is 12.7 Å². The third kappa shape index (κ3) is 1.93. The first kappa shape index (κ1) is 10.7. The van der Waals surface area contributed by atoms with Crippen LogP contribution in [0.25, 0.3) is 0 Å². The second kappa shape index (κ2) is 4.00. The van der Waals surface area contributed by atoms with Crippen LogP contribution >= 0.6 is 15.9 Å². The van der Waals surface area contributed by atoms with Crippen LogP contribution in [0.3, 0.4) is 0 Å². The van der Waals surface area contributed by atoms with Crippen LogP contribution in [0.4, 0.5) is 0 Å². The summed E-state index contributed by atoms with van der Waals surface area (Å²) in [4.78, 5) is 0. The zero-order valence-electron chi connectivity index (χ0n) is 9.14. The zero-order valence-corrected chi connectivity index (χ0v) is 10.7. The Labute approximate surface area is 96.3 Å². The quantitative estimate of drug-likeness (QED) is 0.517. The molecule has 1 heteroatoms. The molecule has 0 aliphatic heterocycles. The van der Waals surface area contributed by atoms with Crippen molar-refractivity contribution in [1.82, 2.24) is 0 Å². The van der Waals surface area contributed by atoms with Crippen molar-refractivity contribution in [3.8, 4) is 0 Å². The summed E-state index contributed by atoms with van der Waals surface area (Å²) in [7, 11) is 0. The largest absolute Gasteiger partial charge is 0.103 e. The summed E-state index contributed by atoms with van der Waals surface area (Å²) in [6.45, 7) is 6.31. The highest BCUT2D eigenvalue weighted by Crippen LogP contribution is 2.52. The van der Waals surface area contributed by atoms with Crippen LogP contribution in [0.5, 0.6) is 0 Å². The molecule has 2 bridgehead atoms. The molecular formula is C13H21Br. The molecule has 2 aliphatic carbocycles. The third-order valence-electron chi connectivity index (χ3n) is 4.41. The van der Waals surface area contributed by atoms with E-state index in [2.05, 4.69) is 35.5 Å². The molecule has 2 rings (SSSR count). The molecule has 0 heterocycles. The second-order valence-electron chi connectivity index (χ2n) is 5.63. The number of alkyl halides is 1. The first-order chi connectivity index (χ1) is 6.67. The molecule has 0 N–H and O–H groups in total. The van der Waals surface area contributed by atoms with Gasteiger partial charge in [0, 0.05) is 5.33 Å². The Morgan fingerprint density at radius 2 is 2.21 bits per heavy atom. The van der Waals surface area contributed by atoms with Gasteiger partial charge in [-0.2, -0.15) is 0 Å². The van der Waals surface area contributed by atoms with E-state index in [0.717, 1.165) is 23.1 Å². The van der Waals surface area contributed by atoms with Crippen LogP contribution in [0.1, 0.15) is 39.0 Å². The minimum Gasteiger partial charge on any atom is -0.103 e. The predicted molar refractivity (Wildman–Crippen MR) is 65.7 cm³/mol. The lowest BCUT2D eigenvalue weighted by molar-refractivity contribution is 0.249. The molecule has 0 aromatic heterocycles. The number of fused-ring (bicyclic) bond motifs is 2. The van der Waals surface area contributed by atoms with Gasteiger partial charge in [-0.3, -0.25) is 0 Å². The van der Waals surface area contributed by atoms with Gasteiger partial charge >= 0.3 is 0 Å². The van der Waals surface area contributed by atoms with Gasteiger partial charge in [0.25, 0.3) is 0 Å². The minimum atomic E-state index is 0.329. The van der Waals surface area contributed by atoms with Crippen molar-refractivity contribution in [2.75, 3.05) is 5.33 Å². The molecule has 0 saturated heterocycles. The molecule has 80 valence electrons. The fourth-order valence-electron chi connectivity index (χ4n) is 3.42. The van der Waals surface area contributed by atoms with Crippen molar-refractivity contribution in [3.63, 3.8) is 0 Å². The maximum absolute atomic E-state index is 3.98. The minimum absolute atomic E-state index is 0.329. The number of hydrogen-bond acceptors (Lipinski definition) is 0. The molecule has 0 aromatic rings. The Morgan fingerprint density at radius 3 is 2.64 bits per heavy atom. The van der Waals surface area contributed by atoms with E-state index in [9.17, 15) is 0 Å². The van der Waals surface area contributed by atoms with E-state index >= 15 is 0 Å². The molecule has 0 aromatic carbocycles. The van der Waals surface area contributed by atoms with Gasteiger partial charge in [-0.15, -0.1) is 6.58 Å². The number of allylic oxidation sites excluding steroid dienone is 1. The summed E-state index contributed by atoms with van der Waals surface area (Å²) in [5, 5.41) is 1.07. The molecule has 0 radical (unpaired) electrons. The van der Waals surface area contributed by atoms with Crippen molar-refractivity contribution in [2.24, 2.45) is 23.2 Å². The summed E-state index contributed by atoms with van der Waals surface area (Å²) >= 11 is 3.62. The Kier molecular flexibility index (Phi) is 3.06. The Hall–Kier alpha value is 0.220. The number of rotatable bonds is 4. The molecule has 2 saturated carbocycles. The van der Waals surface area contributed by atoms with Crippen LogP contribution < -0.4 is 0 Å². The van der Waals surface area contributed by atoms with Crippen molar-refractivity contribution in [1.29, 1.82) is 0 Å². The Bertz CT molecular complexity index is 223. The molecule has 14 heavy (non-hydrogen) atoms. The molecule has 0 spiro atoms. The van der Waals surface area contributed by atoms with Crippen molar-refractivity contribution in [3.05, 3.63) is 12.7 Å².